The van der Waals surface area contributed by atoms with Gasteiger partial charge >= 0.3 is 0 Å². The Morgan fingerprint density at radius 1 is 1.19 bits per heavy atom. The molecule has 1 aliphatic heterocycles. The maximum atomic E-state index is 12.6. The van der Waals surface area contributed by atoms with Crippen LogP contribution in [0, 0.1) is 0 Å². The third kappa shape index (κ3) is 5.66. The third-order valence-electron chi connectivity index (χ3n) is 4.56. The highest BCUT2D eigenvalue weighted by Gasteiger charge is 2.16. The molecular weight excluding hydrogens is 338 g/mol. The molecule has 5 heteroatoms. The lowest BCUT2D eigenvalue weighted by Crippen LogP contribution is -2.36. The summed E-state index contributed by atoms with van der Waals surface area (Å²) >= 11 is 0. The summed E-state index contributed by atoms with van der Waals surface area (Å²) in [7, 11) is 0. The first-order valence-electron chi connectivity index (χ1n) is 9.51. The van der Waals surface area contributed by atoms with E-state index in [0.29, 0.717) is 24.0 Å². The second kappa shape index (κ2) is 9.33. The van der Waals surface area contributed by atoms with Gasteiger partial charge in [-0.15, -0.1) is 0 Å². The fourth-order valence-corrected chi connectivity index (χ4v) is 2.97. The fourth-order valence-electron chi connectivity index (χ4n) is 2.97. The minimum Gasteiger partial charge on any atom is -0.376 e. The molecule has 1 fully saturated rings. The van der Waals surface area contributed by atoms with E-state index in [9.17, 15) is 4.79 Å². The van der Waals surface area contributed by atoms with E-state index in [1.165, 1.54) is 5.56 Å². The van der Waals surface area contributed by atoms with Gasteiger partial charge in [-0.25, -0.2) is 4.99 Å². The Hall–Kier alpha value is -2.66. The van der Waals surface area contributed by atoms with Crippen LogP contribution in [0.4, 0.5) is 5.69 Å². The lowest BCUT2D eigenvalue weighted by atomic mass is 10.0. The van der Waals surface area contributed by atoms with Gasteiger partial charge in [0.1, 0.15) is 0 Å². The Morgan fingerprint density at radius 2 is 2.00 bits per heavy atom. The Balaban J connectivity index is 1.75. The van der Waals surface area contributed by atoms with Crippen molar-refractivity contribution >= 4 is 17.6 Å². The summed E-state index contributed by atoms with van der Waals surface area (Å²) in [4.78, 5) is 17.1. The number of carbonyl (C=O) groups excluding carboxylic acids is 1. The molecular formula is C22H27N3O2. The van der Waals surface area contributed by atoms with Crippen molar-refractivity contribution in [2.24, 2.45) is 4.99 Å². The third-order valence-corrected chi connectivity index (χ3v) is 4.56. The Labute approximate surface area is 160 Å². The van der Waals surface area contributed by atoms with Gasteiger partial charge in [0.15, 0.2) is 0 Å². The summed E-state index contributed by atoms with van der Waals surface area (Å²) in [5, 5.41) is 6.16. The first-order valence-corrected chi connectivity index (χ1v) is 9.51. The summed E-state index contributed by atoms with van der Waals surface area (Å²) in [6.45, 7) is 5.63. The Morgan fingerprint density at radius 3 is 2.70 bits per heavy atom. The lowest BCUT2D eigenvalue weighted by Gasteiger charge is -2.15. The molecule has 0 saturated carbocycles. The average Bonchev–Trinajstić information content (AvgIpc) is 3.20. The molecule has 27 heavy (non-hydrogen) atoms. The van der Waals surface area contributed by atoms with Crippen LogP contribution in [-0.2, 0) is 4.74 Å². The summed E-state index contributed by atoms with van der Waals surface area (Å²) in [6.07, 6.45) is 2.19. The second-order valence-corrected chi connectivity index (χ2v) is 7.05. The lowest BCUT2D eigenvalue weighted by molar-refractivity contribution is 0.0975. The molecule has 1 amide bonds. The molecule has 1 aliphatic rings. The highest BCUT2D eigenvalue weighted by atomic mass is 16.5. The highest BCUT2D eigenvalue weighted by Crippen LogP contribution is 2.18. The van der Waals surface area contributed by atoms with Crippen LogP contribution in [0.3, 0.4) is 0 Å². The molecule has 1 unspecified atom stereocenters. The maximum absolute atomic E-state index is 12.6. The Bertz CT molecular complexity index is 781. The van der Waals surface area contributed by atoms with Gasteiger partial charge in [0.25, 0.3) is 5.91 Å². The van der Waals surface area contributed by atoms with E-state index in [1.54, 1.807) is 12.1 Å². The van der Waals surface area contributed by atoms with Gasteiger partial charge < -0.3 is 10.1 Å². The van der Waals surface area contributed by atoms with Crippen molar-refractivity contribution in [3.05, 3.63) is 65.7 Å². The van der Waals surface area contributed by atoms with Gasteiger partial charge in [0.05, 0.1) is 12.6 Å². The van der Waals surface area contributed by atoms with Crippen molar-refractivity contribution in [2.75, 3.05) is 18.5 Å². The first-order chi connectivity index (χ1) is 13.1. The number of aliphatic imine (C=N–C) groups is 1. The number of benzene rings is 2. The number of nitrogens with one attached hydrogen (secondary N) is 2. The van der Waals surface area contributed by atoms with E-state index >= 15 is 0 Å². The number of guanidine groups is 1. The average molecular weight is 365 g/mol. The molecule has 2 aromatic rings. The van der Waals surface area contributed by atoms with E-state index in [0.717, 1.165) is 25.1 Å². The van der Waals surface area contributed by atoms with Crippen LogP contribution in [-0.4, -0.2) is 31.1 Å². The largest absolute Gasteiger partial charge is 0.376 e. The van der Waals surface area contributed by atoms with Crippen LogP contribution >= 0.6 is 0 Å². The molecule has 0 aliphatic carbocycles. The predicted octanol–water partition coefficient (Wildman–Crippen LogP) is 4.19. The molecule has 0 bridgehead atoms. The van der Waals surface area contributed by atoms with E-state index in [-0.39, 0.29) is 12.0 Å². The molecule has 2 aromatic carbocycles. The van der Waals surface area contributed by atoms with E-state index in [1.807, 2.05) is 30.3 Å². The van der Waals surface area contributed by atoms with Crippen LogP contribution in [0.1, 0.15) is 48.5 Å². The number of hydrogen-bond donors (Lipinski definition) is 2. The minimum atomic E-state index is -0.186. The molecule has 0 spiro atoms. The number of rotatable bonds is 5. The van der Waals surface area contributed by atoms with Crippen molar-refractivity contribution in [1.82, 2.24) is 5.32 Å². The minimum absolute atomic E-state index is 0.123. The monoisotopic (exact) mass is 365 g/mol. The SMILES string of the molecule is CC(C)c1cccc(NC(=NCC2CCCO2)NC(=O)c2ccccc2)c1. The van der Waals surface area contributed by atoms with Gasteiger partial charge in [-0.2, -0.15) is 0 Å². The van der Waals surface area contributed by atoms with Gasteiger partial charge in [-0.1, -0.05) is 44.2 Å². The van der Waals surface area contributed by atoms with Crippen LogP contribution in [0.5, 0.6) is 0 Å². The number of hydrogen-bond acceptors (Lipinski definition) is 3. The topological polar surface area (TPSA) is 62.7 Å². The van der Waals surface area contributed by atoms with Crippen molar-refractivity contribution in [3.8, 4) is 0 Å². The van der Waals surface area contributed by atoms with E-state index in [4.69, 9.17) is 4.74 Å². The molecule has 0 aromatic heterocycles. The van der Waals surface area contributed by atoms with Crippen LogP contribution in [0.25, 0.3) is 0 Å². The van der Waals surface area contributed by atoms with Gasteiger partial charge in [0, 0.05) is 17.9 Å². The highest BCUT2D eigenvalue weighted by molar-refractivity contribution is 6.09. The smallest absolute Gasteiger partial charge is 0.257 e. The summed E-state index contributed by atoms with van der Waals surface area (Å²) in [6, 6.07) is 17.3. The van der Waals surface area contributed by atoms with Crippen molar-refractivity contribution in [1.29, 1.82) is 0 Å². The molecule has 1 heterocycles. The quantitative estimate of drug-likeness (QED) is 0.617. The number of carbonyl (C=O) groups is 1. The zero-order chi connectivity index (χ0) is 19.1. The summed E-state index contributed by atoms with van der Waals surface area (Å²) < 4.78 is 5.65. The normalized spacial score (nSPS) is 17.1. The Kier molecular flexibility index (Phi) is 6.60. The first kappa shape index (κ1) is 19.1. The second-order valence-electron chi connectivity index (χ2n) is 7.05. The standard InChI is InChI=1S/C22H27N3O2/c1-16(2)18-10-6-11-19(14-18)24-22(23-15-20-12-7-13-27-20)25-21(26)17-8-4-3-5-9-17/h3-6,8-11,14,16,20H,7,12-13,15H2,1-2H3,(H2,23,24,25,26). The van der Waals surface area contributed by atoms with Gasteiger partial charge in [-0.3, -0.25) is 10.1 Å². The van der Waals surface area contributed by atoms with Crippen molar-refractivity contribution in [3.63, 3.8) is 0 Å². The number of ether oxygens (including phenoxy) is 1. The van der Waals surface area contributed by atoms with Crippen LogP contribution in [0.2, 0.25) is 0 Å². The molecule has 1 saturated heterocycles. The predicted molar refractivity (Wildman–Crippen MR) is 109 cm³/mol. The zero-order valence-corrected chi connectivity index (χ0v) is 15.9. The van der Waals surface area contributed by atoms with E-state index in [2.05, 4.69) is 41.6 Å². The molecule has 5 nitrogen and oxygen atoms in total. The van der Waals surface area contributed by atoms with Crippen molar-refractivity contribution in [2.45, 2.75) is 38.7 Å². The number of anilines is 1. The number of nitrogens with zero attached hydrogens (tertiary/aromatic N) is 1. The number of amides is 1. The van der Waals surface area contributed by atoms with Gasteiger partial charge in [0.2, 0.25) is 5.96 Å². The maximum Gasteiger partial charge on any atom is 0.257 e. The molecule has 3 rings (SSSR count). The molecule has 1 atom stereocenters. The van der Waals surface area contributed by atoms with Crippen molar-refractivity contribution < 1.29 is 9.53 Å². The summed E-state index contributed by atoms with van der Waals surface area (Å²) in [5.74, 6) is 0.687. The summed E-state index contributed by atoms with van der Waals surface area (Å²) in [5.41, 5.74) is 2.73. The zero-order valence-electron chi connectivity index (χ0n) is 15.9. The van der Waals surface area contributed by atoms with Gasteiger partial charge in [-0.05, 0) is 48.6 Å². The van der Waals surface area contributed by atoms with Crippen LogP contribution in [0.15, 0.2) is 59.6 Å². The van der Waals surface area contributed by atoms with E-state index < -0.39 is 0 Å². The van der Waals surface area contributed by atoms with Crippen LogP contribution < -0.4 is 10.6 Å². The molecule has 0 radical (unpaired) electrons. The fraction of sp³-hybridized carbons (Fsp3) is 0.364. The molecule has 2 N–H and O–H groups in total. The molecule has 142 valence electrons.